The molecule has 0 aliphatic rings. The number of anilines is 3. The average Bonchev–Trinajstić information content (AvgIpc) is 2.65. The van der Waals surface area contributed by atoms with E-state index in [9.17, 15) is 0 Å². The number of aryl methyl sites for hydroxylation is 2. The standard InChI is InChI=1S/C21H24BrN5/c1-5-15(4)24-21-25-18(16-7-6-8-23-12-16)11-19(27-21)26-20-13(2)9-17(22)10-14(20)3/h6-12,15H,5H2,1-4H3,(H2,24,25,26,27)/t15-/m0/s1. The molecule has 3 aromatic rings. The molecule has 3 rings (SSSR count). The second-order valence-electron chi connectivity index (χ2n) is 6.70. The quantitative estimate of drug-likeness (QED) is 0.516. The topological polar surface area (TPSA) is 62.7 Å². The predicted molar refractivity (Wildman–Crippen MR) is 116 cm³/mol. The number of benzene rings is 1. The van der Waals surface area contributed by atoms with E-state index in [0.29, 0.717) is 5.95 Å². The van der Waals surface area contributed by atoms with Crippen molar-refractivity contribution < 1.29 is 0 Å². The Labute approximate surface area is 168 Å². The van der Waals surface area contributed by atoms with Gasteiger partial charge in [0.1, 0.15) is 5.82 Å². The third-order valence-corrected chi connectivity index (χ3v) is 4.88. The minimum Gasteiger partial charge on any atom is -0.352 e. The molecular formula is C21H24BrN5. The van der Waals surface area contributed by atoms with Gasteiger partial charge >= 0.3 is 0 Å². The first-order valence-corrected chi connectivity index (χ1v) is 9.85. The first-order chi connectivity index (χ1) is 13.0. The van der Waals surface area contributed by atoms with Crippen LogP contribution in [0.4, 0.5) is 17.5 Å². The molecule has 0 fully saturated rings. The molecule has 2 N–H and O–H groups in total. The van der Waals surface area contributed by atoms with E-state index in [0.717, 1.165) is 44.8 Å². The van der Waals surface area contributed by atoms with E-state index in [2.05, 4.69) is 81.3 Å². The van der Waals surface area contributed by atoms with Gasteiger partial charge in [-0.25, -0.2) is 4.98 Å². The smallest absolute Gasteiger partial charge is 0.225 e. The van der Waals surface area contributed by atoms with E-state index in [1.54, 1.807) is 6.20 Å². The summed E-state index contributed by atoms with van der Waals surface area (Å²) < 4.78 is 1.07. The van der Waals surface area contributed by atoms with Crippen LogP contribution in [-0.4, -0.2) is 21.0 Å². The van der Waals surface area contributed by atoms with Crippen molar-refractivity contribution in [2.24, 2.45) is 0 Å². The monoisotopic (exact) mass is 425 g/mol. The largest absolute Gasteiger partial charge is 0.352 e. The molecule has 1 atom stereocenters. The fourth-order valence-corrected chi connectivity index (χ4v) is 3.48. The number of aromatic nitrogens is 3. The molecule has 140 valence electrons. The summed E-state index contributed by atoms with van der Waals surface area (Å²) in [5.74, 6) is 1.36. The summed E-state index contributed by atoms with van der Waals surface area (Å²) in [4.78, 5) is 13.6. The number of rotatable bonds is 6. The molecule has 0 saturated carbocycles. The summed E-state index contributed by atoms with van der Waals surface area (Å²) >= 11 is 3.55. The molecule has 0 amide bonds. The lowest BCUT2D eigenvalue weighted by Gasteiger charge is -2.16. The average molecular weight is 426 g/mol. The Morgan fingerprint density at radius 3 is 2.48 bits per heavy atom. The van der Waals surface area contributed by atoms with Crippen LogP contribution < -0.4 is 10.6 Å². The van der Waals surface area contributed by atoms with Crippen molar-refractivity contribution in [1.82, 2.24) is 15.0 Å². The van der Waals surface area contributed by atoms with Crippen molar-refractivity contribution in [3.63, 3.8) is 0 Å². The van der Waals surface area contributed by atoms with Gasteiger partial charge in [0.2, 0.25) is 5.95 Å². The van der Waals surface area contributed by atoms with Gasteiger partial charge in [0.05, 0.1) is 5.69 Å². The van der Waals surface area contributed by atoms with E-state index in [4.69, 9.17) is 0 Å². The van der Waals surface area contributed by atoms with Gasteiger partial charge in [-0.2, -0.15) is 4.98 Å². The van der Waals surface area contributed by atoms with Gasteiger partial charge in [-0.15, -0.1) is 0 Å². The fourth-order valence-electron chi connectivity index (χ4n) is 2.80. The minimum absolute atomic E-state index is 0.290. The first-order valence-electron chi connectivity index (χ1n) is 9.06. The van der Waals surface area contributed by atoms with Crippen molar-refractivity contribution in [3.8, 4) is 11.3 Å². The van der Waals surface area contributed by atoms with Gasteiger partial charge in [-0.05, 0) is 62.6 Å². The van der Waals surface area contributed by atoms with E-state index in [-0.39, 0.29) is 6.04 Å². The van der Waals surface area contributed by atoms with Gasteiger partial charge < -0.3 is 10.6 Å². The summed E-state index contributed by atoms with van der Waals surface area (Å²) in [5.41, 5.74) is 5.15. The van der Waals surface area contributed by atoms with E-state index in [1.807, 2.05) is 24.4 Å². The first kappa shape index (κ1) is 19.3. The molecule has 2 heterocycles. The number of nitrogens with one attached hydrogen (secondary N) is 2. The zero-order chi connectivity index (χ0) is 19.4. The highest BCUT2D eigenvalue weighted by molar-refractivity contribution is 9.10. The maximum absolute atomic E-state index is 4.68. The van der Waals surface area contributed by atoms with Gasteiger partial charge in [0, 0.05) is 40.2 Å². The molecular weight excluding hydrogens is 402 g/mol. The molecule has 0 saturated heterocycles. The van der Waals surface area contributed by atoms with Gasteiger partial charge in [0.25, 0.3) is 0 Å². The van der Waals surface area contributed by atoms with Crippen LogP contribution in [0.5, 0.6) is 0 Å². The highest BCUT2D eigenvalue weighted by atomic mass is 79.9. The molecule has 1 aromatic carbocycles. The summed E-state index contributed by atoms with van der Waals surface area (Å²) in [7, 11) is 0. The third-order valence-electron chi connectivity index (χ3n) is 4.42. The predicted octanol–water partition coefficient (Wildman–Crippen LogP) is 5.87. The number of hydrogen-bond donors (Lipinski definition) is 2. The minimum atomic E-state index is 0.290. The molecule has 6 heteroatoms. The molecule has 5 nitrogen and oxygen atoms in total. The van der Waals surface area contributed by atoms with Crippen LogP contribution in [0.1, 0.15) is 31.4 Å². The van der Waals surface area contributed by atoms with Crippen LogP contribution in [0.25, 0.3) is 11.3 Å². The second kappa shape index (κ2) is 8.48. The van der Waals surface area contributed by atoms with Crippen LogP contribution >= 0.6 is 15.9 Å². The van der Waals surface area contributed by atoms with Crippen LogP contribution in [0.15, 0.2) is 47.2 Å². The Bertz CT molecular complexity index is 904. The Morgan fingerprint density at radius 1 is 1.11 bits per heavy atom. The lowest BCUT2D eigenvalue weighted by molar-refractivity contribution is 0.753. The highest BCUT2D eigenvalue weighted by Crippen LogP contribution is 2.29. The van der Waals surface area contributed by atoms with Gasteiger partial charge in [-0.3, -0.25) is 4.98 Å². The summed E-state index contributed by atoms with van der Waals surface area (Å²) in [6, 6.07) is 10.4. The summed E-state index contributed by atoms with van der Waals surface area (Å²) in [6.07, 6.45) is 4.57. The number of pyridine rings is 1. The number of hydrogen-bond acceptors (Lipinski definition) is 5. The Hall–Kier alpha value is -2.47. The van der Waals surface area contributed by atoms with E-state index < -0.39 is 0 Å². The number of halogens is 1. The van der Waals surface area contributed by atoms with E-state index >= 15 is 0 Å². The van der Waals surface area contributed by atoms with Crippen molar-refractivity contribution in [2.45, 2.75) is 40.2 Å². The van der Waals surface area contributed by atoms with Crippen molar-refractivity contribution in [1.29, 1.82) is 0 Å². The molecule has 0 aliphatic heterocycles. The Balaban J connectivity index is 2.02. The maximum atomic E-state index is 4.68. The molecule has 0 unspecified atom stereocenters. The van der Waals surface area contributed by atoms with Crippen LogP contribution in [0, 0.1) is 13.8 Å². The van der Waals surface area contributed by atoms with E-state index in [1.165, 1.54) is 0 Å². The molecule has 2 aromatic heterocycles. The van der Waals surface area contributed by atoms with Gasteiger partial charge in [0.15, 0.2) is 0 Å². The number of nitrogens with zero attached hydrogens (tertiary/aromatic N) is 3. The lowest BCUT2D eigenvalue weighted by Crippen LogP contribution is -2.16. The lowest BCUT2D eigenvalue weighted by atomic mass is 10.1. The van der Waals surface area contributed by atoms with Crippen molar-refractivity contribution >= 4 is 33.4 Å². The highest BCUT2D eigenvalue weighted by Gasteiger charge is 2.11. The normalized spacial score (nSPS) is 11.9. The van der Waals surface area contributed by atoms with Crippen molar-refractivity contribution in [2.75, 3.05) is 10.6 Å². The van der Waals surface area contributed by atoms with Crippen LogP contribution in [-0.2, 0) is 0 Å². The molecule has 0 radical (unpaired) electrons. The molecule has 27 heavy (non-hydrogen) atoms. The van der Waals surface area contributed by atoms with Crippen LogP contribution in [0.2, 0.25) is 0 Å². The molecule has 0 spiro atoms. The molecule has 0 bridgehead atoms. The zero-order valence-corrected chi connectivity index (χ0v) is 17.6. The molecule has 0 aliphatic carbocycles. The Kier molecular flexibility index (Phi) is 6.06. The van der Waals surface area contributed by atoms with Crippen LogP contribution in [0.3, 0.4) is 0 Å². The van der Waals surface area contributed by atoms with Crippen molar-refractivity contribution in [3.05, 3.63) is 58.3 Å². The second-order valence-corrected chi connectivity index (χ2v) is 7.61. The summed E-state index contributed by atoms with van der Waals surface area (Å²) in [5, 5.41) is 6.85. The third kappa shape index (κ3) is 4.83. The maximum Gasteiger partial charge on any atom is 0.225 e. The SMILES string of the molecule is CC[C@H](C)Nc1nc(Nc2c(C)cc(Br)cc2C)cc(-c2cccnc2)n1. The zero-order valence-electron chi connectivity index (χ0n) is 16.0. The fraction of sp³-hybridized carbons (Fsp3) is 0.286. The van der Waals surface area contributed by atoms with Gasteiger partial charge in [-0.1, -0.05) is 22.9 Å². The Morgan fingerprint density at radius 2 is 1.85 bits per heavy atom. The summed E-state index contributed by atoms with van der Waals surface area (Å²) in [6.45, 7) is 8.43.